The van der Waals surface area contributed by atoms with Crippen molar-refractivity contribution in [1.29, 1.82) is 0 Å². The first-order chi connectivity index (χ1) is 9.17. The third-order valence-electron chi connectivity index (χ3n) is 3.11. The molecule has 0 radical (unpaired) electrons. The van der Waals surface area contributed by atoms with Crippen LogP contribution in [0.2, 0.25) is 0 Å². The molecule has 0 bridgehead atoms. The van der Waals surface area contributed by atoms with E-state index in [1.165, 1.54) is 0 Å². The number of fused-ring (bicyclic) bond motifs is 2. The van der Waals surface area contributed by atoms with Crippen molar-refractivity contribution in [3.63, 3.8) is 0 Å². The average molecular weight is 276 g/mol. The van der Waals surface area contributed by atoms with Crippen molar-refractivity contribution in [2.75, 3.05) is 6.61 Å². The van der Waals surface area contributed by atoms with Crippen LogP contribution in [0.4, 0.5) is 0 Å². The van der Waals surface area contributed by atoms with Gasteiger partial charge in [-0.3, -0.25) is 9.78 Å². The number of hydrogen-bond acceptors (Lipinski definition) is 4. The summed E-state index contributed by atoms with van der Waals surface area (Å²) in [6.07, 6.45) is 1.08. The van der Waals surface area contributed by atoms with Crippen LogP contribution in [0.15, 0.2) is 23.0 Å². The summed E-state index contributed by atoms with van der Waals surface area (Å²) in [7, 11) is 0. The normalized spacial score (nSPS) is 12.5. The number of aliphatic hydroxyl groups excluding tert-OH is 1. The van der Waals surface area contributed by atoms with E-state index >= 15 is 0 Å². The molecule has 0 spiro atoms. The first-order valence-electron chi connectivity index (χ1n) is 5.93. The lowest BCUT2D eigenvalue weighted by Crippen LogP contribution is -2.19. The number of aromatic amines is 2. The third kappa shape index (κ3) is 2.20. The lowest BCUT2D eigenvalue weighted by molar-refractivity contribution is 0.299. The van der Waals surface area contributed by atoms with E-state index < -0.39 is 0 Å². The highest BCUT2D eigenvalue weighted by Crippen LogP contribution is 2.33. The van der Waals surface area contributed by atoms with Gasteiger partial charge in [0.25, 0.3) is 5.56 Å². The Labute approximate surface area is 113 Å². The molecule has 0 unspecified atom stereocenters. The Morgan fingerprint density at radius 1 is 1.37 bits per heavy atom. The largest absolute Gasteiger partial charge is 0.440 e. The highest BCUT2D eigenvalue weighted by Gasteiger charge is 2.20. The van der Waals surface area contributed by atoms with Crippen molar-refractivity contribution in [3.8, 4) is 11.6 Å². The molecule has 1 aliphatic heterocycles. The Balaban J connectivity index is 2.07. The standard InChI is InChI=1S/C13H12N2O3S/c16-4-3-7-1-2-8-6-9-11(17)14-13(19)15-12(9)18-10(8)5-7/h1-2,5,16H,3-4,6H2,(H2,14,15,17,19). The molecule has 0 atom stereocenters. The number of aliphatic hydroxyl groups is 1. The van der Waals surface area contributed by atoms with Gasteiger partial charge in [-0.15, -0.1) is 0 Å². The second-order valence-corrected chi connectivity index (χ2v) is 4.82. The second kappa shape index (κ2) is 4.64. The summed E-state index contributed by atoms with van der Waals surface area (Å²) in [6.45, 7) is 0.0947. The molecular weight excluding hydrogens is 264 g/mol. The summed E-state index contributed by atoms with van der Waals surface area (Å²) in [6, 6.07) is 5.74. The smallest absolute Gasteiger partial charge is 0.259 e. The summed E-state index contributed by atoms with van der Waals surface area (Å²) in [5.41, 5.74) is 2.28. The van der Waals surface area contributed by atoms with E-state index in [9.17, 15) is 4.79 Å². The first kappa shape index (κ1) is 12.1. The van der Waals surface area contributed by atoms with Gasteiger partial charge in [-0.2, -0.15) is 0 Å². The zero-order valence-electron chi connectivity index (χ0n) is 10.0. The number of rotatable bonds is 2. The first-order valence-corrected chi connectivity index (χ1v) is 6.34. The van der Waals surface area contributed by atoms with Crippen LogP contribution >= 0.6 is 12.2 Å². The van der Waals surface area contributed by atoms with Crippen LogP contribution < -0.4 is 10.3 Å². The topological polar surface area (TPSA) is 78.1 Å². The number of nitrogens with one attached hydrogen (secondary N) is 2. The molecule has 3 N–H and O–H groups in total. The lowest BCUT2D eigenvalue weighted by Gasteiger charge is -2.19. The fourth-order valence-electron chi connectivity index (χ4n) is 2.16. The SMILES string of the molecule is O=c1[nH]c(=S)[nH]c2c1Cc1ccc(CCO)cc1O2. The molecule has 3 rings (SSSR count). The third-order valence-corrected chi connectivity index (χ3v) is 3.32. The van der Waals surface area contributed by atoms with Crippen molar-refractivity contribution >= 4 is 12.2 Å². The Kier molecular flexibility index (Phi) is 2.96. The second-order valence-electron chi connectivity index (χ2n) is 4.41. The molecule has 2 aromatic rings. The lowest BCUT2D eigenvalue weighted by atomic mass is 10.0. The summed E-state index contributed by atoms with van der Waals surface area (Å²) >= 11 is 4.93. The Morgan fingerprint density at radius 3 is 3.00 bits per heavy atom. The van der Waals surface area contributed by atoms with Gasteiger partial charge in [0.1, 0.15) is 5.75 Å². The van der Waals surface area contributed by atoms with Gasteiger partial charge in [0.15, 0.2) is 4.77 Å². The number of H-pyrrole nitrogens is 2. The molecule has 1 aliphatic rings. The van der Waals surface area contributed by atoms with Gasteiger partial charge in [-0.05, 0) is 35.8 Å². The molecule has 5 nitrogen and oxygen atoms in total. The molecule has 0 saturated heterocycles. The van der Waals surface area contributed by atoms with Crippen LogP contribution in [-0.4, -0.2) is 21.7 Å². The van der Waals surface area contributed by atoms with Gasteiger partial charge in [0.2, 0.25) is 5.88 Å². The van der Waals surface area contributed by atoms with E-state index in [-0.39, 0.29) is 16.9 Å². The van der Waals surface area contributed by atoms with Crippen molar-refractivity contribution in [1.82, 2.24) is 9.97 Å². The summed E-state index contributed by atoms with van der Waals surface area (Å²) < 4.78 is 5.95. The molecule has 1 aromatic carbocycles. The average Bonchev–Trinajstić information content (AvgIpc) is 2.37. The molecule has 2 heterocycles. The van der Waals surface area contributed by atoms with E-state index in [1.807, 2.05) is 18.2 Å². The minimum Gasteiger partial charge on any atom is -0.440 e. The van der Waals surface area contributed by atoms with Crippen molar-refractivity contribution in [3.05, 3.63) is 50.0 Å². The molecule has 1 aromatic heterocycles. The van der Waals surface area contributed by atoms with Crippen LogP contribution in [0.3, 0.4) is 0 Å². The van der Waals surface area contributed by atoms with E-state index in [1.54, 1.807) is 0 Å². The maximum absolute atomic E-state index is 11.8. The van der Waals surface area contributed by atoms with Gasteiger partial charge in [-0.1, -0.05) is 12.1 Å². The zero-order chi connectivity index (χ0) is 13.4. The van der Waals surface area contributed by atoms with Crippen LogP contribution in [0.5, 0.6) is 11.6 Å². The Morgan fingerprint density at radius 2 is 2.21 bits per heavy atom. The van der Waals surface area contributed by atoms with Crippen LogP contribution in [-0.2, 0) is 12.8 Å². The fraction of sp³-hybridized carbons (Fsp3) is 0.231. The molecule has 6 heteroatoms. The predicted molar refractivity (Wildman–Crippen MR) is 72.4 cm³/mol. The molecule has 19 heavy (non-hydrogen) atoms. The van der Waals surface area contributed by atoms with Gasteiger partial charge in [0.05, 0.1) is 5.56 Å². The van der Waals surface area contributed by atoms with E-state index in [4.69, 9.17) is 22.1 Å². The summed E-state index contributed by atoms with van der Waals surface area (Å²) in [4.78, 5) is 17.2. The Hall–Kier alpha value is -1.92. The maximum atomic E-state index is 11.8. The van der Waals surface area contributed by atoms with E-state index in [0.29, 0.717) is 30.0 Å². The summed E-state index contributed by atoms with van der Waals surface area (Å²) in [5, 5.41) is 8.95. The molecular formula is C13H12N2O3S. The zero-order valence-corrected chi connectivity index (χ0v) is 10.8. The van der Waals surface area contributed by atoms with Gasteiger partial charge in [-0.25, -0.2) is 0 Å². The minimum absolute atomic E-state index is 0.0947. The van der Waals surface area contributed by atoms with Crippen LogP contribution in [0.1, 0.15) is 16.7 Å². The quantitative estimate of drug-likeness (QED) is 0.622. The van der Waals surface area contributed by atoms with Crippen molar-refractivity contribution in [2.24, 2.45) is 0 Å². The molecule has 98 valence electrons. The Bertz CT molecular complexity index is 748. The molecule has 0 fully saturated rings. The van der Waals surface area contributed by atoms with E-state index in [2.05, 4.69) is 9.97 Å². The van der Waals surface area contributed by atoms with Gasteiger partial charge < -0.3 is 14.8 Å². The number of benzene rings is 1. The van der Waals surface area contributed by atoms with Crippen molar-refractivity contribution < 1.29 is 9.84 Å². The monoisotopic (exact) mass is 276 g/mol. The maximum Gasteiger partial charge on any atom is 0.259 e. The van der Waals surface area contributed by atoms with Gasteiger partial charge >= 0.3 is 0 Å². The highest BCUT2D eigenvalue weighted by molar-refractivity contribution is 7.71. The molecule has 0 amide bonds. The van der Waals surface area contributed by atoms with Crippen LogP contribution in [0.25, 0.3) is 0 Å². The minimum atomic E-state index is -0.219. The molecule has 0 aliphatic carbocycles. The highest BCUT2D eigenvalue weighted by atomic mass is 32.1. The number of aromatic nitrogens is 2. The fourth-order valence-corrected chi connectivity index (χ4v) is 2.35. The predicted octanol–water partition coefficient (Wildman–Crippen LogP) is 1.66. The van der Waals surface area contributed by atoms with E-state index in [0.717, 1.165) is 11.1 Å². The molecule has 0 saturated carbocycles. The van der Waals surface area contributed by atoms with Gasteiger partial charge in [0, 0.05) is 13.0 Å². The van der Waals surface area contributed by atoms with Crippen LogP contribution in [0, 0.1) is 4.77 Å². The number of hydrogen-bond donors (Lipinski definition) is 3. The summed E-state index contributed by atoms with van der Waals surface area (Å²) in [5.74, 6) is 1.11. The van der Waals surface area contributed by atoms with Crippen molar-refractivity contribution in [2.45, 2.75) is 12.8 Å². The number of ether oxygens (including phenoxy) is 1.